The Morgan fingerprint density at radius 1 is 0.543 bits per heavy atom. The molecule has 0 saturated carbocycles. The van der Waals surface area contributed by atoms with Gasteiger partial charge in [-0.3, -0.25) is 0 Å². The molecule has 4 aromatic carbocycles. The van der Waals surface area contributed by atoms with Crippen LogP contribution in [0, 0.1) is 0 Å². The zero-order chi connectivity index (χ0) is 24.3. The molecule has 0 N–H and O–H groups in total. The fourth-order valence-electron chi connectivity index (χ4n) is 3.14. The van der Waals surface area contributed by atoms with E-state index < -0.39 is 11.9 Å². The van der Waals surface area contributed by atoms with E-state index in [-0.39, 0.29) is 13.2 Å². The van der Waals surface area contributed by atoms with Crippen molar-refractivity contribution in [3.8, 4) is 11.5 Å². The SMILES string of the molecule is O=C(OCc1ccccc1)c1cccc(O[B]Oc2cccc(C(=O)OCc3ccccc3)c2)c1. The Morgan fingerprint density at radius 3 is 1.40 bits per heavy atom. The molecule has 0 aromatic heterocycles. The first kappa shape index (κ1) is 23.6. The molecule has 0 spiro atoms. The van der Waals surface area contributed by atoms with Gasteiger partial charge in [-0.2, -0.15) is 0 Å². The minimum Gasteiger partial charge on any atom is -0.526 e. The number of rotatable bonds is 10. The Bertz CT molecular complexity index is 1160. The van der Waals surface area contributed by atoms with E-state index in [1.54, 1.807) is 48.5 Å². The largest absolute Gasteiger partial charge is 0.658 e. The molecule has 35 heavy (non-hydrogen) atoms. The van der Waals surface area contributed by atoms with Crippen LogP contribution >= 0.6 is 0 Å². The van der Waals surface area contributed by atoms with Crippen LogP contribution in [0.5, 0.6) is 11.5 Å². The topological polar surface area (TPSA) is 71.1 Å². The van der Waals surface area contributed by atoms with Crippen molar-refractivity contribution >= 4 is 19.6 Å². The van der Waals surface area contributed by atoms with Gasteiger partial charge in [-0.15, -0.1) is 0 Å². The maximum atomic E-state index is 12.3. The predicted molar refractivity (Wildman–Crippen MR) is 131 cm³/mol. The Morgan fingerprint density at radius 2 is 0.971 bits per heavy atom. The van der Waals surface area contributed by atoms with Gasteiger partial charge in [-0.05, 0) is 47.5 Å². The smallest absolute Gasteiger partial charge is 0.526 e. The van der Waals surface area contributed by atoms with Gasteiger partial charge in [0.05, 0.1) is 11.1 Å². The van der Waals surface area contributed by atoms with E-state index >= 15 is 0 Å². The molecule has 173 valence electrons. The van der Waals surface area contributed by atoms with Crippen molar-refractivity contribution in [3.05, 3.63) is 131 Å². The molecule has 4 aromatic rings. The number of carbonyl (C=O) groups is 2. The third kappa shape index (κ3) is 7.24. The lowest BCUT2D eigenvalue weighted by molar-refractivity contribution is 0.0464. The van der Waals surface area contributed by atoms with Crippen LogP contribution in [-0.4, -0.2) is 19.6 Å². The van der Waals surface area contributed by atoms with Crippen molar-refractivity contribution < 1.29 is 28.4 Å². The second-order valence-corrected chi connectivity index (χ2v) is 7.51. The van der Waals surface area contributed by atoms with Crippen molar-refractivity contribution in [1.82, 2.24) is 0 Å². The van der Waals surface area contributed by atoms with Gasteiger partial charge < -0.3 is 18.8 Å². The van der Waals surface area contributed by atoms with Crippen molar-refractivity contribution in [1.29, 1.82) is 0 Å². The van der Waals surface area contributed by atoms with Crippen molar-refractivity contribution in [2.24, 2.45) is 0 Å². The fourth-order valence-corrected chi connectivity index (χ4v) is 3.14. The maximum absolute atomic E-state index is 12.3. The zero-order valence-corrected chi connectivity index (χ0v) is 18.8. The predicted octanol–water partition coefficient (Wildman–Crippen LogP) is 5.39. The van der Waals surface area contributed by atoms with Crippen LogP contribution in [0.1, 0.15) is 31.8 Å². The average Bonchev–Trinajstić information content (AvgIpc) is 2.92. The average molecular weight is 465 g/mol. The zero-order valence-electron chi connectivity index (χ0n) is 18.8. The molecule has 0 unspecified atom stereocenters. The van der Waals surface area contributed by atoms with Gasteiger partial charge in [0.2, 0.25) is 0 Å². The number of ether oxygens (including phenoxy) is 2. The number of hydrogen-bond donors (Lipinski definition) is 0. The maximum Gasteiger partial charge on any atom is 0.658 e. The Hall–Kier alpha value is -4.52. The number of carbonyl (C=O) groups excluding carboxylic acids is 2. The van der Waals surface area contributed by atoms with Crippen LogP contribution in [0.25, 0.3) is 0 Å². The fraction of sp³-hybridized carbons (Fsp3) is 0.0714. The van der Waals surface area contributed by atoms with Crippen molar-refractivity contribution in [2.75, 3.05) is 0 Å². The van der Waals surface area contributed by atoms with Crippen molar-refractivity contribution in [3.63, 3.8) is 0 Å². The molecule has 6 nitrogen and oxygen atoms in total. The van der Waals surface area contributed by atoms with Gasteiger partial charge >= 0.3 is 19.6 Å². The third-order valence-electron chi connectivity index (χ3n) is 4.93. The quantitative estimate of drug-likeness (QED) is 0.231. The Labute approximate surface area is 204 Å². The molecule has 1 radical (unpaired) electrons. The molecule has 0 aliphatic rings. The van der Waals surface area contributed by atoms with Crippen LogP contribution in [0.2, 0.25) is 0 Å². The van der Waals surface area contributed by atoms with E-state index in [2.05, 4.69) is 0 Å². The minimum atomic E-state index is -0.457. The Balaban J connectivity index is 1.26. The number of benzene rings is 4. The summed E-state index contributed by atoms with van der Waals surface area (Å²) in [6.45, 7) is 0.369. The van der Waals surface area contributed by atoms with Gasteiger partial charge in [-0.25, -0.2) is 9.59 Å². The van der Waals surface area contributed by atoms with Crippen LogP contribution in [-0.2, 0) is 22.7 Å². The van der Waals surface area contributed by atoms with Gasteiger partial charge in [0.15, 0.2) is 0 Å². The van der Waals surface area contributed by atoms with Gasteiger partial charge in [0, 0.05) is 0 Å². The van der Waals surface area contributed by atoms with E-state index in [0.29, 0.717) is 22.6 Å². The highest BCUT2D eigenvalue weighted by Gasteiger charge is 2.12. The first-order chi connectivity index (χ1) is 17.2. The molecular formula is C28H22BO6. The molecule has 0 bridgehead atoms. The molecule has 0 heterocycles. The lowest BCUT2D eigenvalue weighted by Crippen LogP contribution is -2.12. The second kappa shape index (κ2) is 12.1. The molecule has 7 heteroatoms. The normalized spacial score (nSPS) is 10.2. The Kier molecular flexibility index (Phi) is 8.16. The molecule has 4 rings (SSSR count). The van der Waals surface area contributed by atoms with E-state index in [1.165, 1.54) is 0 Å². The van der Waals surface area contributed by atoms with E-state index in [1.807, 2.05) is 60.7 Å². The highest BCUT2D eigenvalue weighted by Crippen LogP contribution is 2.17. The molecular weight excluding hydrogens is 443 g/mol. The summed E-state index contributed by atoms with van der Waals surface area (Å²) in [5.41, 5.74) is 2.52. The first-order valence-corrected chi connectivity index (χ1v) is 10.9. The number of hydrogen-bond acceptors (Lipinski definition) is 6. The summed E-state index contributed by atoms with van der Waals surface area (Å²) in [5, 5.41) is 0. The highest BCUT2D eigenvalue weighted by atomic mass is 16.6. The van der Waals surface area contributed by atoms with Gasteiger partial charge in [0.25, 0.3) is 0 Å². The summed E-state index contributed by atoms with van der Waals surface area (Å²) >= 11 is 0. The summed E-state index contributed by atoms with van der Waals surface area (Å²) in [4.78, 5) is 24.7. The summed E-state index contributed by atoms with van der Waals surface area (Å²) in [6, 6.07) is 32.0. The molecule has 0 aliphatic carbocycles. The summed E-state index contributed by atoms with van der Waals surface area (Å²) in [7, 11) is 1.13. The van der Waals surface area contributed by atoms with Crippen LogP contribution in [0.4, 0.5) is 0 Å². The standard InChI is InChI=1S/C28H22BO6/c30-27(32-19-21-9-3-1-4-10-21)23-13-7-15-25(17-23)34-29-35-26-16-8-14-24(18-26)28(31)33-20-22-11-5-2-6-12-22/h1-18H,19-20H2. The van der Waals surface area contributed by atoms with Crippen LogP contribution in [0.3, 0.4) is 0 Å². The van der Waals surface area contributed by atoms with E-state index in [0.717, 1.165) is 18.8 Å². The molecule has 0 atom stereocenters. The molecule has 0 amide bonds. The van der Waals surface area contributed by atoms with E-state index in [4.69, 9.17) is 18.8 Å². The molecule has 0 fully saturated rings. The van der Waals surface area contributed by atoms with Crippen molar-refractivity contribution in [2.45, 2.75) is 13.2 Å². The lowest BCUT2D eigenvalue weighted by Gasteiger charge is -2.10. The highest BCUT2D eigenvalue weighted by molar-refractivity contribution is 6.20. The van der Waals surface area contributed by atoms with Gasteiger partial charge in [-0.1, -0.05) is 72.8 Å². The molecule has 0 saturated heterocycles. The molecule has 0 aliphatic heterocycles. The summed E-state index contributed by atoms with van der Waals surface area (Å²) < 4.78 is 21.7. The summed E-state index contributed by atoms with van der Waals surface area (Å²) in [6.07, 6.45) is 0. The van der Waals surface area contributed by atoms with Gasteiger partial charge in [0.1, 0.15) is 24.7 Å². The van der Waals surface area contributed by atoms with E-state index in [9.17, 15) is 9.59 Å². The van der Waals surface area contributed by atoms with Crippen LogP contribution in [0.15, 0.2) is 109 Å². The van der Waals surface area contributed by atoms with Crippen LogP contribution < -0.4 is 9.31 Å². The monoisotopic (exact) mass is 465 g/mol. The minimum absolute atomic E-state index is 0.185. The second-order valence-electron chi connectivity index (χ2n) is 7.51. The number of esters is 2. The lowest BCUT2D eigenvalue weighted by atomic mass is 10.2. The summed E-state index contributed by atoms with van der Waals surface area (Å²) in [5.74, 6) is -0.112. The third-order valence-corrected chi connectivity index (χ3v) is 4.93. The first-order valence-electron chi connectivity index (χ1n) is 10.9.